The molecular weight excluding hydrogens is 154 g/mol. The van der Waals surface area contributed by atoms with E-state index in [1.807, 2.05) is 0 Å². The Kier molecular flexibility index (Phi) is 4.99. The molecule has 4 heteroatoms. The van der Waals surface area contributed by atoms with E-state index in [-0.39, 0.29) is 31.2 Å². The molecule has 0 spiro atoms. The number of aliphatic hydroxyl groups excluding tert-OH is 2. The van der Waals surface area contributed by atoms with E-state index < -0.39 is 0 Å². The molecule has 0 aromatic rings. The van der Waals surface area contributed by atoms with E-state index in [9.17, 15) is 0 Å². The maximum absolute atomic E-state index is 8.98. The standard InChI is InChI=1S/C6H13NO2.ClH/c8-4-5-1-2-6(9)3-7-5;/h5-9H,1-4H2;1H. The van der Waals surface area contributed by atoms with Crippen LogP contribution in [0.15, 0.2) is 0 Å². The molecule has 2 unspecified atom stereocenters. The van der Waals surface area contributed by atoms with E-state index in [1.54, 1.807) is 0 Å². The lowest BCUT2D eigenvalue weighted by Gasteiger charge is -2.25. The van der Waals surface area contributed by atoms with Crippen molar-refractivity contribution >= 4 is 12.4 Å². The lowest BCUT2D eigenvalue weighted by molar-refractivity contribution is 0.108. The van der Waals surface area contributed by atoms with E-state index >= 15 is 0 Å². The van der Waals surface area contributed by atoms with Crippen molar-refractivity contribution < 1.29 is 10.2 Å². The molecule has 3 N–H and O–H groups in total. The van der Waals surface area contributed by atoms with Crippen LogP contribution in [0.1, 0.15) is 12.8 Å². The van der Waals surface area contributed by atoms with Gasteiger partial charge in [0, 0.05) is 12.6 Å². The van der Waals surface area contributed by atoms with Crippen LogP contribution in [-0.2, 0) is 0 Å². The summed E-state index contributed by atoms with van der Waals surface area (Å²) in [6.07, 6.45) is 1.50. The van der Waals surface area contributed by atoms with Gasteiger partial charge in [-0.2, -0.15) is 0 Å². The van der Waals surface area contributed by atoms with Gasteiger partial charge >= 0.3 is 0 Å². The van der Waals surface area contributed by atoms with Gasteiger partial charge in [-0.15, -0.1) is 12.4 Å². The highest BCUT2D eigenvalue weighted by Gasteiger charge is 2.16. The van der Waals surface area contributed by atoms with E-state index in [0.29, 0.717) is 6.54 Å². The first-order valence-electron chi connectivity index (χ1n) is 3.35. The zero-order chi connectivity index (χ0) is 6.69. The van der Waals surface area contributed by atoms with Gasteiger partial charge in [-0.05, 0) is 12.8 Å². The van der Waals surface area contributed by atoms with Gasteiger partial charge in [0.15, 0.2) is 0 Å². The first kappa shape index (κ1) is 10.2. The minimum atomic E-state index is -0.201. The summed E-state index contributed by atoms with van der Waals surface area (Å²) in [4.78, 5) is 0. The molecule has 3 nitrogen and oxygen atoms in total. The third-order valence-electron chi connectivity index (χ3n) is 1.71. The first-order valence-corrected chi connectivity index (χ1v) is 3.35. The molecule has 0 radical (unpaired) electrons. The molecule has 1 aliphatic rings. The SMILES string of the molecule is Cl.OCC1CCC(O)CN1. The summed E-state index contributed by atoms with van der Waals surface area (Å²) in [5.74, 6) is 0. The van der Waals surface area contributed by atoms with Crippen LogP contribution in [0.25, 0.3) is 0 Å². The van der Waals surface area contributed by atoms with Crippen molar-refractivity contribution in [2.75, 3.05) is 13.2 Å². The second-order valence-corrected chi connectivity index (χ2v) is 2.52. The number of aliphatic hydroxyl groups is 2. The minimum absolute atomic E-state index is 0. The second kappa shape index (κ2) is 4.91. The summed E-state index contributed by atoms with van der Waals surface area (Å²) < 4.78 is 0. The van der Waals surface area contributed by atoms with Crippen molar-refractivity contribution in [3.63, 3.8) is 0 Å². The van der Waals surface area contributed by atoms with Gasteiger partial charge in [-0.3, -0.25) is 0 Å². The quantitative estimate of drug-likeness (QED) is 0.494. The van der Waals surface area contributed by atoms with Crippen molar-refractivity contribution in [2.45, 2.75) is 25.0 Å². The number of β-amino-alcohol motifs (C(OH)–C–C–N with tert-alkyl or cyclic N) is 1. The van der Waals surface area contributed by atoms with Crippen molar-refractivity contribution in [1.29, 1.82) is 0 Å². The van der Waals surface area contributed by atoms with Gasteiger partial charge in [0.05, 0.1) is 12.7 Å². The Labute approximate surface area is 66.8 Å². The highest BCUT2D eigenvalue weighted by molar-refractivity contribution is 5.85. The zero-order valence-corrected chi connectivity index (χ0v) is 6.60. The van der Waals surface area contributed by atoms with Crippen LogP contribution in [-0.4, -0.2) is 35.5 Å². The van der Waals surface area contributed by atoms with Crippen LogP contribution >= 0.6 is 12.4 Å². The normalized spacial score (nSPS) is 33.0. The highest BCUT2D eigenvalue weighted by Crippen LogP contribution is 2.06. The summed E-state index contributed by atoms with van der Waals surface area (Å²) in [6, 6.07) is 0.216. The number of halogens is 1. The van der Waals surface area contributed by atoms with Gasteiger partial charge in [-0.1, -0.05) is 0 Å². The van der Waals surface area contributed by atoms with Gasteiger partial charge < -0.3 is 15.5 Å². The number of rotatable bonds is 1. The Bertz CT molecular complexity index is 83.8. The molecule has 10 heavy (non-hydrogen) atoms. The van der Waals surface area contributed by atoms with Crippen molar-refractivity contribution in [3.05, 3.63) is 0 Å². The van der Waals surface area contributed by atoms with Crippen LogP contribution in [0.2, 0.25) is 0 Å². The summed E-state index contributed by atoms with van der Waals surface area (Å²) in [7, 11) is 0. The third-order valence-corrected chi connectivity index (χ3v) is 1.71. The molecule has 0 saturated carbocycles. The molecule has 62 valence electrons. The number of hydrogen-bond donors (Lipinski definition) is 3. The zero-order valence-electron chi connectivity index (χ0n) is 5.79. The predicted octanol–water partition coefficient (Wildman–Crippen LogP) is -0.487. The minimum Gasteiger partial charge on any atom is -0.395 e. The largest absolute Gasteiger partial charge is 0.395 e. The average molecular weight is 168 g/mol. The molecule has 1 rings (SSSR count). The highest BCUT2D eigenvalue weighted by atomic mass is 35.5. The Morgan fingerprint density at radius 3 is 2.50 bits per heavy atom. The van der Waals surface area contributed by atoms with Crippen LogP contribution < -0.4 is 5.32 Å². The smallest absolute Gasteiger partial charge is 0.0665 e. The van der Waals surface area contributed by atoms with Gasteiger partial charge in [0.25, 0.3) is 0 Å². The van der Waals surface area contributed by atoms with E-state index in [4.69, 9.17) is 10.2 Å². The Hall–Kier alpha value is 0.170. The molecule has 0 amide bonds. The summed E-state index contributed by atoms with van der Waals surface area (Å²) in [5.41, 5.74) is 0. The third kappa shape index (κ3) is 2.84. The topological polar surface area (TPSA) is 52.5 Å². The molecule has 1 aliphatic heterocycles. The summed E-state index contributed by atoms with van der Waals surface area (Å²) in [6.45, 7) is 0.817. The van der Waals surface area contributed by atoms with Gasteiger partial charge in [0.1, 0.15) is 0 Å². The van der Waals surface area contributed by atoms with Crippen LogP contribution in [0.5, 0.6) is 0 Å². The molecular formula is C6H14ClNO2. The fraction of sp³-hybridized carbons (Fsp3) is 1.00. The first-order chi connectivity index (χ1) is 4.33. The number of nitrogens with one attached hydrogen (secondary N) is 1. The molecule has 1 fully saturated rings. The monoisotopic (exact) mass is 167 g/mol. The molecule has 0 aliphatic carbocycles. The van der Waals surface area contributed by atoms with Crippen molar-refractivity contribution in [3.8, 4) is 0 Å². The average Bonchev–Trinajstić information content (AvgIpc) is 1.90. The Morgan fingerprint density at radius 1 is 1.40 bits per heavy atom. The maximum atomic E-state index is 8.98. The number of hydrogen-bond acceptors (Lipinski definition) is 3. The van der Waals surface area contributed by atoms with Gasteiger partial charge in [0.2, 0.25) is 0 Å². The molecule has 1 heterocycles. The summed E-state index contributed by atoms with van der Waals surface area (Å²) in [5, 5.41) is 20.6. The lowest BCUT2D eigenvalue weighted by atomic mass is 10.0. The Balaban J connectivity index is 0.000000810. The van der Waals surface area contributed by atoms with Crippen LogP contribution in [0, 0.1) is 0 Å². The second-order valence-electron chi connectivity index (χ2n) is 2.52. The predicted molar refractivity (Wildman–Crippen MR) is 41.4 cm³/mol. The molecule has 0 bridgehead atoms. The van der Waals surface area contributed by atoms with E-state index in [1.165, 1.54) is 0 Å². The summed E-state index contributed by atoms with van der Waals surface area (Å²) >= 11 is 0. The fourth-order valence-corrected chi connectivity index (χ4v) is 1.06. The van der Waals surface area contributed by atoms with Crippen molar-refractivity contribution in [1.82, 2.24) is 5.32 Å². The molecule has 2 atom stereocenters. The maximum Gasteiger partial charge on any atom is 0.0665 e. The number of piperidine rings is 1. The van der Waals surface area contributed by atoms with Crippen molar-refractivity contribution in [2.24, 2.45) is 0 Å². The van der Waals surface area contributed by atoms with E-state index in [2.05, 4.69) is 5.32 Å². The molecule has 0 aromatic carbocycles. The van der Waals surface area contributed by atoms with E-state index in [0.717, 1.165) is 12.8 Å². The molecule has 1 saturated heterocycles. The van der Waals surface area contributed by atoms with Gasteiger partial charge in [-0.25, -0.2) is 0 Å². The Morgan fingerprint density at radius 2 is 2.10 bits per heavy atom. The van der Waals surface area contributed by atoms with Crippen LogP contribution in [0.3, 0.4) is 0 Å². The molecule has 0 aromatic heterocycles. The van der Waals surface area contributed by atoms with Crippen LogP contribution in [0.4, 0.5) is 0 Å². The fourth-order valence-electron chi connectivity index (χ4n) is 1.06. The lowest BCUT2D eigenvalue weighted by Crippen LogP contribution is -2.43.